The molecule has 24 heavy (non-hydrogen) atoms. The summed E-state index contributed by atoms with van der Waals surface area (Å²) < 4.78 is 50.5. The highest BCUT2D eigenvalue weighted by atomic mass is 35.5. The van der Waals surface area contributed by atoms with E-state index in [1.165, 1.54) is 18.2 Å². The zero-order chi connectivity index (χ0) is 17.5. The highest BCUT2D eigenvalue weighted by molar-refractivity contribution is 7.92. The quantitative estimate of drug-likeness (QED) is 0.745. The number of anilines is 1. The molecule has 0 fully saturated rings. The number of sulfonamides is 1. The third-order valence-corrected chi connectivity index (χ3v) is 4.95. The molecule has 0 aliphatic carbocycles. The van der Waals surface area contributed by atoms with E-state index in [0.717, 1.165) is 17.7 Å². The molecule has 0 saturated heterocycles. The number of rotatable bonds is 4. The largest absolute Gasteiger partial charge is 0.439 e. The molecule has 0 amide bonds. The van der Waals surface area contributed by atoms with E-state index in [1.54, 1.807) is 13.8 Å². The van der Waals surface area contributed by atoms with Crippen molar-refractivity contribution in [2.75, 3.05) is 4.72 Å². The minimum Gasteiger partial charge on any atom is -0.439 e. The normalized spacial score (nSPS) is 11.7. The van der Waals surface area contributed by atoms with Crippen LogP contribution in [0.5, 0.6) is 0 Å². The molecule has 0 spiro atoms. The monoisotopic (exact) mass is 370 g/mol. The fourth-order valence-electron chi connectivity index (χ4n) is 2.00. The van der Waals surface area contributed by atoms with Crippen LogP contribution in [-0.4, -0.2) is 13.6 Å². The van der Waals surface area contributed by atoms with Crippen LogP contribution in [-0.2, 0) is 10.0 Å². The SMILES string of the molecule is Cc1noc(-c2ccc(S(=O)(=O)Nc3ccc(F)cc3Cl)o2)c1C. The standard InChI is InChI=1S/C15H12ClFN2O4S/c1-8-9(2)18-23-15(8)13-5-6-14(22-13)24(20,21)19-12-4-3-10(17)7-11(12)16/h3-7,19H,1-2H3. The molecule has 0 saturated carbocycles. The van der Waals surface area contributed by atoms with Gasteiger partial charge in [0.2, 0.25) is 10.9 Å². The lowest BCUT2D eigenvalue weighted by Crippen LogP contribution is -2.12. The van der Waals surface area contributed by atoms with Crippen molar-refractivity contribution in [1.29, 1.82) is 0 Å². The maximum absolute atomic E-state index is 13.0. The number of aromatic nitrogens is 1. The molecule has 9 heteroatoms. The second-order valence-electron chi connectivity index (χ2n) is 5.07. The van der Waals surface area contributed by atoms with Gasteiger partial charge in [0, 0.05) is 5.56 Å². The number of aryl methyl sites for hydroxylation is 1. The molecule has 2 aromatic heterocycles. The van der Waals surface area contributed by atoms with E-state index in [4.69, 9.17) is 20.5 Å². The maximum Gasteiger partial charge on any atom is 0.295 e. The Balaban J connectivity index is 1.92. The molecule has 0 unspecified atom stereocenters. The Labute approximate surface area is 142 Å². The van der Waals surface area contributed by atoms with Gasteiger partial charge in [-0.1, -0.05) is 16.8 Å². The van der Waals surface area contributed by atoms with Crippen LogP contribution in [0.3, 0.4) is 0 Å². The summed E-state index contributed by atoms with van der Waals surface area (Å²) in [5.41, 5.74) is 1.48. The molecule has 1 aromatic carbocycles. The minimum atomic E-state index is -4.03. The lowest BCUT2D eigenvalue weighted by atomic mass is 10.2. The van der Waals surface area contributed by atoms with Crippen molar-refractivity contribution in [2.45, 2.75) is 18.9 Å². The topological polar surface area (TPSA) is 85.3 Å². The van der Waals surface area contributed by atoms with Gasteiger partial charge in [0.25, 0.3) is 10.0 Å². The molecule has 0 bridgehead atoms. The second-order valence-corrected chi connectivity index (χ2v) is 7.09. The van der Waals surface area contributed by atoms with Crippen molar-refractivity contribution in [1.82, 2.24) is 5.16 Å². The Hall–Kier alpha value is -2.32. The van der Waals surface area contributed by atoms with Crippen molar-refractivity contribution in [3.8, 4) is 11.5 Å². The molecule has 3 rings (SSSR count). The first-order valence-electron chi connectivity index (χ1n) is 6.79. The van der Waals surface area contributed by atoms with E-state index in [0.29, 0.717) is 11.5 Å². The molecule has 0 radical (unpaired) electrons. The van der Waals surface area contributed by atoms with Crippen molar-refractivity contribution in [3.05, 3.63) is 52.4 Å². The molecule has 1 N–H and O–H groups in total. The van der Waals surface area contributed by atoms with Gasteiger partial charge in [-0.3, -0.25) is 4.72 Å². The third-order valence-electron chi connectivity index (χ3n) is 3.40. The fourth-order valence-corrected chi connectivity index (χ4v) is 3.28. The predicted molar refractivity (Wildman–Crippen MR) is 85.9 cm³/mol. The first-order valence-corrected chi connectivity index (χ1v) is 8.65. The second kappa shape index (κ2) is 5.95. The van der Waals surface area contributed by atoms with E-state index in [1.807, 2.05) is 0 Å². The number of hydrogen-bond donors (Lipinski definition) is 1. The molecule has 6 nitrogen and oxygen atoms in total. The molecule has 0 aliphatic rings. The van der Waals surface area contributed by atoms with E-state index in [2.05, 4.69) is 9.88 Å². The van der Waals surface area contributed by atoms with Gasteiger partial charge in [-0.05, 0) is 44.2 Å². The van der Waals surface area contributed by atoms with E-state index >= 15 is 0 Å². The van der Waals surface area contributed by atoms with Crippen molar-refractivity contribution in [2.24, 2.45) is 0 Å². The molecule has 0 atom stereocenters. The average molecular weight is 371 g/mol. The number of halogens is 2. The van der Waals surface area contributed by atoms with Crippen molar-refractivity contribution < 1.29 is 21.7 Å². The number of nitrogens with one attached hydrogen (secondary N) is 1. The smallest absolute Gasteiger partial charge is 0.295 e. The first kappa shape index (κ1) is 16.5. The highest BCUT2D eigenvalue weighted by Crippen LogP contribution is 2.30. The van der Waals surface area contributed by atoms with Gasteiger partial charge in [-0.15, -0.1) is 0 Å². The van der Waals surface area contributed by atoms with Gasteiger partial charge in [0.15, 0.2) is 5.76 Å². The maximum atomic E-state index is 13.0. The highest BCUT2D eigenvalue weighted by Gasteiger charge is 2.23. The third kappa shape index (κ3) is 3.02. The van der Waals surface area contributed by atoms with Gasteiger partial charge in [0.05, 0.1) is 16.4 Å². The molecular formula is C15H12ClFN2O4S. The molecule has 3 aromatic rings. The van der Waals surface area contributed by atoms with Crippen molar-refractivity contribution >= 4 is 27.3 Å². The van der Waals surface area contributed by atoms with Crippen LogP contribution in [0.15, 0.2) is 44.4 Å². The zero-order valence-corrected chi connectivity index (χ0v) is 14.2. The Morgan fingerprint density at radius 1 is 1.21 bits per heavy atom. The summed E-state index contributed by atoms with van der Waals surface area (Å²) in [5.74, 6) is 0.0202. The Morgan fingerprint density at radius 2 is 1.96 bits per heavy atom. The average Bonchev–Trinajstić information content (AvgIpc) is 3.11. The number of nitrogens with zero attached hydrogens (tertiary/aromatic N) is 1. The Kier molecular flexibility index (Phi) is 4.10. The molecule has 0 aliphatic heterocycles. The summed E-state index contributed by atoms with van der Waals surface area (Å²) in [6.45, 7) is 3.55. The summed E-state index contributed by atoms with van der Waals surface area (Å²) in [6, 6.07) is 6.08. The minimum absolute atomic E-state index is 0.0442. The zero-order valence-electron chi connectivity index (χ0n) is 12.6. The van der Waals surface area contributed by atoms with Crippen LogP contribution in [0.2, 0.25) is 5.02 Å². The van der Waals surface area contributed by atoms with Gasteiger partial charge in [-0.2, -0.15) is 8.42 Å². The summed E-state index contributed by atoms with van der Waals surface area (Å²) in [5, 5.41) is 3.41. The summed E-state index contributed by atoms with van der Waals surface area (Å²) in [7, 11) is -4.03. The van der Waals surface area contributed by atoms with Gasteiger partial charge >= 0.3 is 0 Å². The van der Waals surface area contributed by atoms with Crippen molar-refractivity contribution in [3.63, 3.8) is 0 Å². The van der Waals surface area contributed by atoms with Gasteiger partial charge < -0.3 is 8.94 Å². The first-order chi connectivity index (χ1) is 11.3. The lowest BCUT2D eigenvalue weighted by Gasteiger charge is -2.07. The van der Waals surface area contributed by atoms with Crippen LogP contribution in [0.4, 0.5) is 10.1 Å². The lowest BCUT2D eigenvalue weighted by molar-refractivity contribution is 0.398. The van der Waals surface area contributed by atoms with E-state index in [9.17, 15) is 12.8 Å². The molecular weight excluding hydrogens is 359 g/mol. The summed E-state index contributed by atoms with van der Waals surface area (Å²) in [6.07, 6.45) is 0. The van der Waals surface area contributed by atoms with Gasteiger partial charge in [-0.25, -0.2) is 4.39 Å². The molecule has 126 valence electrons. The fraction of sp³-hybridized carbons (Fsp3) is 0.133. The number of furan rings is 1. The van der Waals surface area contributed by atoms with E-state index in [-0.39, 0.29) is 21.6 Å². The summed E-state index contributed by atoms with van der Waals surface area (Å²) in [4.78, 5) is 0. The van der Waals surface area contributed by atoms with Crippen LogP contribution in [0, 0.1) is 19.7 Å². The van der Waals surface area contributed by atoms with Gasteiger partial charge in [0.1, 0.15) is 5.82 Å². The predicted octanol–water partition coefficient (Wildman–Crippen LogP) is 4.14. The number of benzene rings is 1. The Bertz CT molecular complexity index is 1010. The summed E-state index contributed by atoms with van der Waals surface area (Å²) >= 11 is 5.83. The van der Waals surface area contributed by atoms with Crippen LogP contribution in [0.25, 0.3) is 11.5 Å². The van der Waals surface area contributed by atoms with Crippen LogP contribution < -0.4 is 4.72 Å². The molecule has 2 heterocycles. The Morgan fingerprint density at radius 3 is 2.58 bits per heavy atom. The van der Waals surface area contributed by atoms with Crippen LogP contribution >= 0.6 is 11.6 Å². The van der Waals surface area contributed by atoms with Crippen LogP contribution in [0.1, 0.15) is 11.3 Å². The van der Waals surface area contributed by atoms with E-state index < -0.39 is 15.8 Å². The number of hydrogen-bond acceptors (Lipinski definition) is 5.